The molecule has 6 heteroatoms. The van der Waals surface area contributed by atoms with Crippen LogP contribution in [0.4, 0.5) is 0 Å². The Hall–Kier alpha value is -2.37. The largest absolute Gasteiger partial charge is 0.481 e. The van der Waals surface area contributed by atoms with Crippen molar-refractivity contribution in [3.63, 3.8) is 0 Å². The SMILES string of the molecule is Cc1ccn2c(C(=O)NCCC(=O)O)c(C)nc2c1. The zero-order valence-corrected chi connectivity index (χ0v) is 10.8. The number of rotatable bonds is 4. The predicted octanol–water partition coefficient (Wildman–Crippen LogP) is 1.16. The fourth-order valence-corrected chi connectivity index (χ4v) is 1.90. The Balaban J connectivity index is 2.26. The van der Waals surface area contributed by atoms with Gasteiger partial charge in [-0.25, -0.2) is 4.98 Å². The summed E-state index contributed by atoms with van der Waals surface area (Å²) in [7, 11) is 0. The lowest BCUT2D eigenvalue weighted by molar-refractivity contribution is -0.136. The van der Waals surface area contributed by atoms with E-state index in [0.717, 1.165) is 5.56 Å². The molecular weight excluding hydrogens is 246 g/mol. The number of carbonyl (C=O) groups excluding carboxylic acids is 1. The third-order valence-corrected chi connectivity index (χ3v) is 2.80. The molecule has 19 heavy (non-hydrogen) atoms. The molecule has 1 amide bonds. The summed E-state index contributed by atoms with van der Waals surface area (Å²) >= 11 is 0. The summed E-state index contributed by atoms with van der Waals surface area (Å²) in [6, 6.07) is 3.78. The van der Waals surface area contributed by atoms with Crippen molar-refractivity contribution in [2.45, 2.75) is 20.3 Å². The molecule has 0 saturated carbocycles. The molecule has 0 aliphatic heterocycles. The molecule has 0 aromatic carbocycles. The number of amides is 1. The molecule has 0 fully saturated rings. The summed E-state index contributed by atoms with van der Waals surface area (Å²) in [4.78, 5) is 26.8. The molecule has 0 unspecified atom stereocenters. The number of hydrogen-bond acceptors (Lipinski definition) is 3. The van der Waals surface area contributed by atoms with E-state index in [1.165, 1.54) is 0 Å². The van der Waals surface area contributed by atoms with Gasteiger partial charge in [0.05, 0.1) is 12.1 Å². The Labute approximate surface area is 110 Å². The predicted molar refractivity (Wildman–Crippen MR) is 69.3 cm³/mol. The maximum atomic E-state index is 12.0. The number of imidazole rings is 1. The monoisotopic (exact) mass is 261 g/mol. The van der Waals surface area contributed by atoms with E-state index >= 15 is 0 Å². The minimum atomic E-state index is -0.939. The number of nitrogens with one attached hydrogen (secondary N) is 1. The van der Waals surface area contributed by atoms with Gasteiger partial charge in [0.2, 0.25) is 0 Å². The van der Waals surface area contributed by atoms with Gasteiger partial charge in [-0.05, 0) is 31.5 Å². The van der Waals surface area contributed by atoms with E-state index < -0.39 is 5.97 Å². The number of aromatic nitrogens is 2. The first-order chi connectivity index (χ1) is 8.99. The summed E-state index contributed by atoms with van der Waals surface area (Å²) < 4.78 is 1.71. The van der Waals surface area contributed by atoms with Crippen molar-refractivity contribution in [2.75, 3.05) is 6.54 Å². The number of carboxylic acids is 1. The van der Waals surface area contributed by atoms with Crippen LogP contribution in [0.25, 0.3) is 5.65 Å². The van der Waals surface area contributed by atoms with Crippen molar-refractivity contribution in [3.05, 3.63) is 35.3 Å². The van der Waals surface area contributed by atoms with Crippen LogP contribution in [0.15, 0.2) is 18.3 Å². The lowest BCUT2D eigenvalue weighted by Gasteiger charge is -2.04. The van der Waals surface area contributed by atoms with E-state index in [1.54, 1.807) is 17.5 Å². The highest BCUT2D eigenvalue weighted by Gasteiger charge is 2.16. The normalized spacial score (nSPS) is 10.6. The van der Waals surface area contributed by atoms with E-state index in [-0.39, 0.29) is 18.9 Å². The zero-order valence-electron chi connectivity index (χ0n) is 10.8. The lowest BCUT2D eigenvalue weighted by atomic mass is 10.3. The van der Waals surface area contributed by atoms with Gasteiger partial charge in [-0.2, -0.15) is 0 Å². The molecule has 100 valence electrons. The molecule has 2 heterocycles. The molecule has 0 saturated heterocycles. The first kappa shape index (κ1) is 13.1. The minimum Gasteiger partial charge on any atom is -0.481 e. The highest BCUT2D eigenvalue weighted by atomic mass is 16.4. The van der Waals surface area contributed by atoms with Gasteiger partial charge in [0.1, 0.15) is 11.3 Å². The molecule has 2 aromatic heterocycles. The highest BCUT2D eigenvalue weighted by molar-refractivity contribution is 5.94. The van der Waals surface area contributed by atoms with Gasteiger partial charge in [0, 0.05) is 12.7 Å². The smallest absolute Gasteiger partial charge is 0.305 e. The third kappa shape index (κ3) is 2.73. The van der Waals surface area contributed by atoms with Crippen LogP contribution >= 0.6 is 0 Å². The van der Waals surface area contributed by atoms with Crippen molar-refractivity contribution in [1.29, 1.82) is 0 Å². The Bertz CT molecular complexity index is 646. The number of carboxylic acid groups (broad SMARTS) is 1. The quantitative estimate of drug-likeness (QED) is 0.865. The average Bonchev–Trinajstić information content (AvgIpc) is 2.63. The number of aliphatic carboxylic acids is 1. The number of nitrogens with zero attached hydrogens (tertiary/aromatic N) is 2. The molecule has 2 aromatic rings. The van der Waals surface area contributed by atoms with E-state index in [0.29, 0.717) is 17.0 Å². The van der Waals surface area contributed by atoms with Crippen molar-refractivity contribution in [1.82, 2.24) is 14.7 Å². The Morgan fingerprint density at radius 2 is 2.16 bits per heavy atom. The summed E-state index contributed by atoms with van der Waals surface area (Å²) in [5.74, 6) is -1.25. The number of carbonyl (C=O) groups is 2. The van der Waals surface area contributed by atoms with Gasteiger partial charge in [0.15, 0.2) is 0 Å². The van der Waals surface area contributed by atoms with Crippen LogP contribution in [0.1, 0.15) is 28.2 Å². The maximum absolute atomic E-state index is 12.0. The van der Waals surface area contributed by atoms with Crippen LogP contribution in [0.2, 0.25) is 0 Å². The van der Waals surface area contributed by atoms with Crippen molar-refractivity contribution in [3.8, 4) is 0 Å². The molecule has 0 aliphatic carbocycles. The molecule has 6 nitrogen and oxygen atoms in total. The van der Waals surface area contributed by atoms with Crippen LogP contribution in [-0.2, 0) is 4.79 Å². The van der Waals surface area contributed by atoms with E-state index in [1.807, 2.05) is 19.1 Å². The second kappa shape index (κ2) is 5.09. The average molecular weight is 261 g/mol. The fraction of sp³-hybridized carbons (Fsp3) is 0.308. The van der Waals surface area contributed by atoms with Gasteiger partial charge >= 0.3 is 5.97 Å². The van der Waals surface area contributed by atoms with Crippen molar-refractivity contribution >= 4 is 17.5 Å². The highest BCUT2D eigenvalue weighted by Crippen LogP contribution is 2.13. The van der Waals surface area contributed by atoms with E-state index in [2.05, 4.69) is 10.3 Å². The summed E-state index contributed by atoms with van der Waals surface area (Å²) in [5.41, 5.74) is 2.84. The molecule has 2 rings (SSSR count). The van der Waals surface area contributed by atoms with Crippen molar-refractivity contribution in [2.24, 2.45) is 0 Å². The Morgan fingerprint density at radius 3 is 2.84 bits per heavy atom. The molecule has 0 aliphatic rings. The second-order valence-electron chi connectivity index (χ2n) is 4.38. The summed E-state index contributed by atoms with van der Waals surface area (Å²) in [5, 5.41) is 11.1. The zero-order chi connectivity index (χ0) is 14.0. The third-order valence-electron chi connectivity index (χ3n) is 2.80. The van der Waals surface area contributed by atoms with Gasteiger partial charge in [0.25, 0.3) is 5.91 Å². The van der Waals surface area contributed by atoms with Gasteiger partial charge in [-0.1, -0.05) is 0 Å². The number of aryl methyl sites for hydroxylation is 2. The van der Waals surface area contributed by atoms with Gasteiger partial charge in [-0.3, -0.25) is 14.0 Å². The molecule has 0 radical (unpaired) electrons. The van der Waals surface area contributed by atoms with Crippen LogP contribution in [0, 0.1) is 13.8 Å². The van der Waals surface area contributed by atoms with Crippen molar-refractivity contribution < 1.29 is 14.7 Å². The Kier molecular flexibility index (Phi) is 3.50. The molecule has 0 bridgehead atoms. The van der Waals surface area contributed by atoms with E-state index in [4.69, 9.17) is 5.11 Å². The first-order valence-electron chi connectivity index (χ1n) is 5.94. The standard InChI is InChI=1S/C13H15N3O3/c1-8-4-6-16-10(7-8)15-9(2)12(16)13(19)14-5-3-11(17)18/h4,6-7H,3,5H2,1-2H3,(H,14,19)(H,17,18). The second-order valence-corrected chi connectivity index (χ2v) is 4.38. The maximum Gasteiger partial charge on any atom is 0.305 e. The van der Waals surface area contributed by atoms with Crippen LogP contribution in [0.5, 0.6) is 0 Å². The molecular formula is C13H15N3O3. The van der Waals surface area contributed by atoms with E-state index in [9.17, 15) is 9.59 Å². The molecule has 0 atom stereocenters. The summed E-state index contributed by atoms with van der Waals surface area (Å²) in [6.45, 7) is 3.82. The summed E-state index contributed by atoms with van der Waals surface area (Å²) in [6.07, 6.45) is 1.69. The topological polar surface area (TPSA) is 83.7 Å². The number of pyridine rings is 1. The Morgan fingerprint density at radius 1 is 1.42 bits per heavy atom. The van der Waals surface area contributed by atoms with Crippen LogP contribution in [0.3, 0.4) is 0 Å². The fourth-order valence-electron chi connectivity index (χ4n) is 1.90. The van der Waals surface area contributed by atoms with Crippen LogP contribution in [-0.4, -0.2) is 32.9 Å². The van der Waals surface area contributed by atoms with Gasteiger partial charge < -0.3 is 10.4 Å². The number of fused-ring (bicyclic) bond motifs is 1. The lowest BCUT2D eigenvalue weighted by Crippen LogP contribution is -2.27. The number of hydrogen-bond donors (Lipinski definition) is 2. The van der Waals surface area contributed by atoms with Crippen LogP contribution < -0.4 is 5.32 Å². The minimum absolute atomic E-state index is 0.0966. The molecule has 2 N–H and O–H groups in total. The molecule has 0 spiro atoms. The first-order valence-corrected chi connectivity index (χ1v) is 5.94. The van der Waals surface area contributed by atoms with Gasteiger partial charge in [-0.15, -0.1) is 0 Å².